The van der Waals surface area contributed by atoms with Crippen LogP contribution in [0.5, 0.6) is 0 Å². The van der Waals surface area contributed by atoms with Crippen molar-refractivity contribution in [1.29, 1.82) is 0 Å². The molecule has 6 heteroatoms. The van der Waals surface area contributed by atoms with Gasteiger partial charge in [0.15, 0.2) is 0 Å². The Kier molecular flexibility index (Phi) is 4.50. The molecule has 1 aromatic heterocycles. The molecule has 0 aliphatic heterocycles. The number of carbonyl (C=O) groups excluding carboxylic acids is 1. The second-order valence-corrected chi connectivity index (χ2v) is 6.59. The van der Waals surface area contributed by atoms with Crippen molar-refractivity contribution >= 4 is 44.8 Å². The zero-order chi connectivity index (χ0) is 16.4. The molecule has 0 aliphatic rings. The molecule has 0 bridgehead atoms. The van der Waals surface area contributed by atoms with E-state index in [0.29, 0.717) is 22.5 Å². The summed E-state index contributed by atoms with van der Waals surface area (Å²) in [6.07, 6.45) is 0.527. The maximum absolute atomic E-state index is 12.6. The highest BCUT2D eigenvalue weighted by atomic mass is 35.5. The van der Waals surface area contributed by atoms with Gasteiger partial charge in [-0.25, -0.2) is 0 Å². The van der Waals surface area contributed by atoms with Gasteiger partial charge in [-0.3, -0.25) is 13.5 Å². The van der Waals surface area contributed by atoms with Crippen molar-refractivity contribution in [2.75, 3.05) is 5.32 Å². The normalized spacial score (nSPS) is 12.3. The van der Waals surface area contributed by atoms with Crippen LogP contribution in [-0.2, 0) is 4.79 Å². The average Bonchev–Trinajstić information content (AvgIpc) is 2.86. The van der Waals surface area contributed by atoms with Crippen LogP contribution in [-0.4, -0.2) is 9.86 Å². The largest absolute Gasteiger partial charge is 0.324 e. The van der Waals surface area contributed by atoms with Gasteiger partial charge in [0, 0.05) is 10.7 Å². The third-order valence-corrected chi connectivity index (χ3v) is 4.98. The Morgan fingerprint density at radius 2 is 2.04 bits per heavy atom. The fourth-order valence-electron chi connectivity index (χ4n) is 2.44. The van der Waals surface area contributed by atoms with Crippen molar-refractivity contribution in [3.8, 4) is 0 Å². The summed E-state index contributed by atoms with van der Waals surface area (Å²) in [7, 11) is 0. The highest BCUT2D eigenvalue weighted by Crippen LogP contribution is 2.23. The maximum atomic E-state index is 12.6. The predicted molar refractivity (Wildman–Crippen MR) is 95.5 cm³/mol. The Morgan fingerprint density at radius 1 is 1.26 bits per heavy atom. The molecule has 3 aromatic rings. The number of amides is 1. The zero-order valence-corrected chi connectivity index (χ0v) is 14.0. The minimum Gasteiger partial charge on any atom is -0.324 e. The van der Waals surface area contributed by atoms with E-state index < -0.39 is 6.04 Å². The van der Waals surface area contributed by atoms with Crippen LogP contribution in [0.2, 0.25) is 5.02 Å². The summed E-state index contributed by atoms with van der Waals surface area (Å²) in [4.78, 5) is 25.1. The Bertz CT molecular complexity index is 916. The minimum atomic E-state index is -0.543. The first kappa shape index (κ1) is 15.8. The first-order chi connectivity index (χ1) is 11.1. The fraction of sp³-hybridized carbons (Fsp3) is 0.176. The van der Waals surface area contributed by atoms with E-state index in [1.165, 1.54) is 11.5 Å². The van der Waals surface area contributed by atoms with Gasteiger partial charge in [0.2, 0.25) is 5.91 Å². The quantitative estimate of drug-likeness (QED) is 0.765. The van der Waals surface area contributed by atoms with Gasteiger partial charge in [0.05, 0.1) is 10.1 Å². The van der Waals surface area contributed by atoms with Gasteiger partial charge in [-0.05, 0) is 36.8 Å². The fourth-order valence-corrected chi connectivity index (χ4v) is 3.79. The average molecular weight is 347 g/mol. The van der Waals surface area contributed by atoms with E-state index in [4.69, 9.17) is 11.6 Å². The lowest BCUT2D eigenvalue weighted by molar-refractivity contribution is -0.119. The molecule has 0 saturated carbocycles. The lowest BCUT2D eigenvalue weighted by atomic mass is 10.2. The molecule has 0 saturated heterocycles. The SMILES string of the molecule is CCC(C(=O)Nc1cccc(Cl)c1)n1sc2ccccc2c1=O. The Hall–Kier alpha value is -2.11. The Balaban J connectivity index is 1.93. The zero-order valence-electron chi connectivity index (χ0n) is 12.5. The lowest BCUT2D eigenvalue weighted by Crippen LogP contribution is -2.29. The first-order valence-corrected chi connectivity index (χ1v) is 8.42. The van der Waals surface area contributed by atoms with Crippen LogP contribution in [0.4, 0.5) is 5.69 Å². The van der Waals surface area contributed by atoms with E-state index in [1.54, 1.807) is 34.3 Å². The van der Waals surface area contributed by atoms with Crippen LogP contribution >= 0.6 is 23.1 Å². The molecular formula is C17H15ClN2O2S. The molecule has 3 rings (SSSR count). The summed E-state index contributed by atoms with van der Waals surface area (Å²) in [6.45, 7) is 1.89. The molecular weight excluding hydrogens is 332 g/mol. The first-order valence-electron chi connectivity index (χ1n) is 7.27. The second kappa shape index (κ2) is 6.56. The Labute approximate surface area is 142 Å². The molecule has 1 heterocycles. The summed E-state index contributed by atoms with van der Waals surface area (Å²) in [5.41, 5.74) is 0.494. The number of hydrogen-bond acceptors (Lipinski definition) is 3. The number of anilines is 1. The molecule has 4 nitrogen and oxygen atoms in total. The van der Waals surface area contributed by atoms with Crippen LogP contribution in [0, 0.1) is 0 Å². The van der Waals surface area contributed by atoms with E-state index >= 15 is 0 Å². The highest BCUT2D eigenvalue weighted by Gasteiger charge is 2.22. The van der Waals surface area contributed by atoms with Gasteiger partial charge in [-0.15, -0.1) is 0 Å². The molecule has 0 fully saturated rings. The topological polar surface area (TPSA) is 51.1 Å². The Morgan fingerprint density at radius 3 is 2.74 bits per heavy atom. The molecule has 1 amide bonds. The third-order valence-electron chi connectivity index (χ3n) is 3.58. The number of carbonyl (C=O) groups is 1. The monoisotopic (exact) mass is 346 g/mol. The van der Waals surface area contributed by atoms with Crippen molar-refractivity contribution in [2.24, 2.45) is 0 Å². The number of aromatic nitrogens is 1. The molecule has 0 radical (unpaired) electrons. The number of rotatable bonds is 4. The summed E-state index contributed by atoms with van der Waals surface area (Å²) in [6, 6.07) is 13.8. The van der Waals surface area contributed by atoms with Gasteiger partial charge in [-0.1, -0.05) is 48.3 Å². The lowest BCUT2D eigenvalue weighted by Gasteiger charge is -2.15. The van der Waals surface area contributed by atoms with Gasteiger partial charge in [0.1, 0.15) is 6.04 Å². The molecule has 23 heavy (non-hydrogen) atoms. The van der Waals surface area contributed by atoms with Crippen LogP contribution in [0.3, 0.4) is 0 Å². The highest BCUT2D eigenvalue weighted by molar-refractivity contribution is 7.14. The number of halogens is 1. The number of fused-ring (bicyclic) bond motifs is 1. The summed E-state index contributed by atoms with van der Waals surface area (Å²) in [5, 5.41) is 4.02. The van der Waals surface area contributed by atoms with Crippen molar-refractivity contribution in [1.82, 2.24) is 3.96 Å². The van der Waals surface area contributed by atoms with Gasteiger partial charge < -0.3 is 5.32 Å². The molecule has 1 unspecified atom stereocenters. The maximum Gasteiger partial charge on any atom is 0.269 e. The van der Waals surface area contributed by atoms with Crippen molar-refractivity contribution in [2.45, 2.75) is 19.4 Å². The van der Waals surface area contributed by atoms with Crippen LogP contribution in [0.15, 0.2) is 53.3 Å². The van der Waals surface area contributed by atoms with Crippen molar-refractivity contribution < 1.29 is 4.79 Å². The van der Waals surface area contributed by atoms with Gasteiger partial charge in [0.25, 0.3) is 5.56 Å². The summed E-state index contributed by atoms with van der Waals surface area (Å²) in [5.74, 6) is -0.219. The van der Waals surface area contributed by atoms with E-state index in [2.05, 4.69) is 5.32 Å². The van der Waals surface area contributed by atoms with Crippen LogP contribution in [0.25, 0.3) is 10.1 Å². The molecule has 1 atom stereocenters. The third kappa shape index (κ3) is 3.16. The van der Waals surface area contributed by atoms with Crippen LogP contribution < -0.4 is 10.9 Å². The molecule has 0 spiro atoms. The van der Waals surface area contributed by atoms with E-state index in [1.807, 2.05) is 25.1 Å². The van der Waals surface area contributed by atoms with Gasteiger partial charge >= 0.3 is 0 Å². The molecule has 0 aliphatic carbocycles. The van der Waals surface area contributed by atoms with Crippen molar-refractivity contribution in [3.05, 3.63) is 63.9 Å². The summed E-state index contributed by atoms with van der Waals surface area (Å²) >= 11 is 7.25. The minimum absolute atomic E-state index is 0.126. The van der Waals surface area contributed by atoms with Crippen LogP contribution in [0.1, 0.15) is 19.4 Å². The second-order valence-electron chi connectivity index (χ2n) is 5.14. The smallest absolute Gasteiger partial charge is 0.269 e. The molecule has 118 valence electrons. The standard InChI is InChI=1S/C17H15ClN2O2S/c1-2-14(16(21)19-12-7-5-6-11(18)10-12)20-17(22)13-8-3-4-9-15(13)23-20/h3-10,14H,2H2,1H3,(H,19,21). The number of hydrogen-bond donors (Lipinski definition) is 1. The number of nitrogens with one attached hydrogen (secondary N) is 1. The predicted octanol–water partition coefficient (Wildman–Crippen LogP) is 4.31. The van der Waals surface area contributed by atoms with Gasteiger partial charge in [-0.2, -0.15) is 0 Å². The van der Waals surface area contributed by atoms with E-state index in [0.717, 1.165) is 4.70 Å². The van der Waals surface area contributed by atoms with E-state index in [-0.39, 0.29) is 11.5 Å². The van der Waals surface area contributed by atoms with E-state index in [9.17, 15) is 9.59 Å². The number of benzene rings is 2. The molecule has 1 N–H and O–H groups in total. The van der Waals surface area contributed by atoms with Crippen molar-refractivity contribution in [3.63, 3.8) is 0 Å². The molecule has 2 aromatic carbocycles. The summed E-state index contributed by atoms with van der Waals surface area (Å²) < 4.78 is 2.43. The number of nitrogens with zero attached hydrogens (tertiary/aromatic N) is 1.